The van der Waals surface area contributed by atoms with Gasteiger partial charge in [-0.25, -0.2) is 14.8 Å². The van der Waals surface area contributed by atoms with Gasteiger partial charge in [0, 0.05) is 18.4 Å². The minimum Gasteiger partial charge on any atom is -0.465 e. The van der Waals surface area contributed by atoms with E-state index in [0.29, 0.717) is 16.8 Å². The van der Waals surface area contributed by atoms with Crippen LogP contribution in [0.25, 0.3) is 0 Å². The number of rotatable bonds is 6. The Bertz CT molecular complexity index is 716. The molecular formula is C17H20N4O3. The van der Waals surface area contributed by atoms with E-state index in [2.05, 4.69) is 20.6 Å². The smallest absolute Gasteiger partial charge is 0.339 e. The highest BCUT2D eigenvalue weighted by atomic mass is 16.5. The fraction of sp³-hybridized carbons (Fsp3) is 0.294. The van der Waals surface area contributed by atoms with Crippen molar-refractivity contribution in [1.82, 2.24) is 15.3 Å². The molecule has 0 aliphatic rings. The summed E-state index contributed by atoms with van der Waals surface area (Å²) in [6.45, 7) is 3.92. The Hall–Kier alpha value is -2.96. The standard InChI is InChI=1S/C17H20N4O3/c1-4-11(2)20-15(22)12-9-18-17(19-10-12)21-14-8-6-5-7-13(14)16(23)24-3/h5-11H,4H2,1-3H3,(H,20,22)(H,18,19,21). The van der Waals surface area contributed by atoms with Crippen LogP contribution in [-0.4, -0.2) is 35.0 Å². The van der Waals surface area contributed by atoms with Crippen molar-refractivity contribution in [2.45, 2.75) is 26.3 Å². The molecule has 24 heavy (non-hydrogen) atoms. The molecule has 0 radical (unpaired) electrons. The number of methoxy groups -OCH3 is 1. The van der Waals surface area contributed by atoms with Crippen molar-refractivity contribution in [3.05, 3.63) is 47.8 Å². The average Bonchev–Trinajstić information content (AvgIpc) is 2.62. The number of aromatic nitrogens is 2. The molecule has 2 N–H and O–H groups in total. The third-order valence-corrected chi connectivity index (χ3v) is 3.48. The maximum Gasteiger partial charge on any atom is 0.339 e. The first kappa shape index (κ1) is 17.4. The summed E-state index contributed by atoms with van der Waals surface area (Å²) in [6.07, 6.45) is 3.72. The van der Waals surface area contributed by atoms with Crippen LogP contribution in [0.2, 0.25) is 0 Å². The minimum absolute atomic E-state index is 0.0854. The normalized spacial score (nSPS) is 11.5. The highest BCUT2D eigenvalue weighted by Crippen LogP contribution is 2.19. The molecule has 1 aromatic heterocycles. The third kappa shape index (κ3) is 4.28. The molecule has 1 aromatic carbocycles. The van der Waals surface area contributed by atoms with Gasteiger partial charge in [0.15, 0.2) is 0 Å². The number of carbonyl (C=O) groups excluding carboxylic acids is 2. The topological polar surface area (TPSA) is 93.2 Å². The van der Waals surface area contributed by atoms with Crippen LogP contribution in [0.1, 0.15) is 41.0 Å². The number of amides is 1. The van der Waals surface area contributed by atoms with Crippen LogP contribution in [0.5, 0.6) is 0 Å². The number of para-hydroxylation sites is 1. The van der Waals surface area contributed by atoms with Gasteiger partial charge in [0.2, 0.25) is 5.95 Å². The maximum atomic E-state index is 12.0. The monoisotopic (exact) mass is 328 g/mol. The average molecular weight is 328 g/mol. The van der Waals surface area contributed by atoms with Gasteiger partial charge in [-0.2, -0.15) is 0 Å². The van der Waals surface area contributed by atoms with Crippen LogP contribution in [-0.2, 0) is 4.74 Å². The SMILES string of the molecule is CCC(C)NC(=O)c1cnc(Nc2ccccc2C(=O)OC)nc1. The third-order valence-electron chi connectivity index (χ3n) is 3.48. The molecule has 0 saturated heterocycles. The summed E-state index contributed by atoms with van der Waals surface area (Å²) in [4.78, 5) is 32.0. The zero-order chi connectivity index (χ0) is 17.5. The van der Waals surface area contributed by atoms with Gasteiger partial charge in [0.25, 0.3) is 5.91 Å². The van der Waals surface area contributed by atoms with E-state index in [-0.39, 0.29) is 17.9 Å². The molecule has 1 unspecified atom stereocenters. The number of carbonyl (C=O) groups is 2. The Labute approximate surface area is 140 Å². The number of esters is 1. The second-order valence-electron chi connectivity index (χ2n) is 5.24. The summed E-state index contributed by atoms with van der Waals surface area (Å²) in [5.74, 6) is -0.389. The summed E-state index contributed by atoms with van der Waals surface area (Å²) >= 11 is 0. The number of hydrogen-bond donors (Lipinski definition) is 2. The van der Waals surface area contributed by atoms with Gasteiger partial charge in [-0.15, -0.1) is 0 Å². The molecule has 0 bridgehead atoms. The lowest BCUT2D eigenvalue weighted by Gasteiger charge is -2.12. The van der Waals surface area contributed by atoms with Crippen molar-refractivity contribution in [3.63, 3.8) is 0 Å². The molecule has 0 fully saturated rings. The molecule has 0 aliphatic heterocycles. The fourth-order valence-electron chi connectivity index (χ4n) is 1.92. The first-order chi connectivity index (χ1) is 11.5. The van der Waals surface area contributed by atoms with Crippen molar-refractivity contribution in [1.29, 1.82) is 0 Å². The minimum atomic E-state index is -0.456. The lowest BCUT2D eigenvalue weighted by atomic mass is 10.2. The predicted octanol–water partition coefficient (Wildman–Crippen LogP) is 2.54. The summed E-state index contributed by atoms with van der Waals surface area (Å²) in [6, 6.07) is 6.96. The van der Waals surface area contributed by atoms with Crippen LogP contribution in [0.4, 0.5) is 11.6 Å². The van der Waals surface area contributed by atoms with E-state index in [1.54, 1.807) is 24.3 Å². The van der Waals surface area contributed by atoms with E-state index < -0.39 is 5.97 Å². The van der Waals surface area contributed by atoms with E-state index >= 15 is 0 Å². The van der Waals surface area contributed by atoms with Crippen LogP contribution in [0.15, 0.2) is 36.7 Å². The summed E-state index contributed by atoms with van der Waals surface area (Å²) in [7, 11) is 1.32. The van der Waals surface area contributed by atoms with Crippen molar-refractivity contribution in [2.75, 3.05) is 12.4 Å². The zero-order valence-corrected chi connectivity index (χ0v) is 13.9. The summed E-state index contributed by atoms with van der Waals surface area (Å²) in [5.41, 5.74) is 1.28. The lowest BCUT2D eigenvalue weighted by molar-refractivity contribution is 0.0601. The Kier molecular flexibility index (Phi) is 5.83. The lowest BCUT2D eigenvalue weighted by Crippen LogP contribution is -2.32. The number of benzene rings is 1. The van der Waals surface area contributed by atoms with Gasteiger partial charge >= 0.3 is 5.97 Å². The molecule has 0 aliphatic carbocycles. The number of nitrogens with one attached hydrogen (secondary N) is 2. The molecule has 2 aromatic rings. The maximum absolute atomic E-state index is 12.0. The molecule has 2 rings (SSSR count). The van der Waals surface area contributed by atoms with E-state index in [4.69, 9.17) is 4.74 Å². The quantitative estimate of drug-likeness (QED) is 0.792. The highest BCUT2D eigenvalue weighted by Gasteiger charge is 2.13. The number of ether oxygens (including phenoxy) is 1. The molecule has 7 nitrogen and oxygen atoms in total. The van der Waals surface area contributed by atoms with Crippen molar-refractivity contribution in [3.8, 4) is 0 Å². The molecule has 1 atom stereocenters. The first-order valence-electron chi connectivity index (χ1n) is 7.62. The van der Waals surface area contributed by atoms with Gasteiger partial charge in [-0.05, 0) is 25.5 Å². The predicted molar refractivity (Wildman–Crippen MR) is 90.3 cm³/mol. The molecule has 0 saturated carbocycles. The van der Waals surface area contributed by atoms with E-state index in [9.17, 15) is 9.59 Å². The zero-order valence-electron chi connectivity index (χ0n) is 13.9. The molecule has 1 amide bonds. The number of nitrogens with zero attached hydrogens (tertiary/aromatic N) is 2. The van der Waals surface area contributed by atoms with Gasteiger partial charge < -0.3 is 15.4 Å². The van der Waals surface area contributed by atoms with E-state index in [0.717, 1.165) is 6.42 Å². The van der Waals surface area contributed by atoms with E-state index in [1.165, 1.54) is 19.5 Å². The van der Waals surface area contributed by atoms with Crippen LogP contribution >= 0.6 is 0 Å². The Morgan fingerprint density at radius 3 is 2.50 bits per heavy atom. The largest absolute Gasteiger partial charge is 0.465 e. The molecular weight excluding hydrogens is 308 g/mol. The first-order valence-corrected chi connectivity index (χ1v) is 7.62. The molecule has 0 spiro atoms. The van der Waals surface area contributed by atoms with Crippen molar-refractivity contribution in [2.24, 2.45) is 0 Å². The molecule has 1 heterocycles. The van der Waals surface area contributed by atoms with Crippen molar-refractivity contribution >= 4 is 23.5 Å². The van der Waals surface area contributed by atoms with Gasteiger partial charge in [0.1, 0.15) is 0 Å². The van der Waals surface area contributed by atoms with Gasteiger partial charge in [-0.1, -0.05) is 19.1 Å². The second-order valence-corrected chi connectivity index (χ2v) is 5.24. The highest BCUT2D eigenvalue weighted by molar-refractivity contribution is 5.96. The molecule has 7 heteroatoms. The summed E-state index contributed by atoms with van der Waals surface area (Å²) in [5, 5.41) is 5.80. The fourth-order valence-corrected chi connectivity index (χ4v) is 1.92. The van der Waals surface area contributed by atoms with Crippen molar-refractivity contribution < 1.29 is 14.3 Å². The Morgan fingerprint density at radius 2 is 1.88 bits per heavy atom. The number of hydrogen-bond acceptors (Lipinski definition) is 6. The number of anilines is 2. The van der Waals surface area contributed by atoms with Crippen LogP contribution in [0.3, 0.4) is 0 Å². The molecule has 126 valence electrons. The van der Waals surface area contributed by atoms with Crippen LogP contribution < -0.4 is 10.6 Å². The van der Waals surface area contributed by atoms with E-state index in [1.807, 2.05) is 13.8 Å². The van der Waals surface area contributed by atoms with Gasteiger partial charge in [0.05, 0.1) is 23.9 Å². The Morgan fingerprint density at radius 1 is 1.21 bits per heavy atom. The van der Waals surface area contributed by atoms with Crippen LogP contribution in [0, 0.1) is 0 Å². The second kappa shape index (κ2) is 8.05. The van der Waals surface area contributed by atoms with Gasteiger partial charge in [-0.3, -0.25) is 4.79 Å². The summed E-state index contributed by atoms with van der Waals surface area (Å²) < 4.78 is 4.74. The Balaban J connectivity index is 2.13.